The summed E-state index contributed by atoms with van der Waals surface area (Å²) in [5.74, 6) is 0. The van der Waals surface area contributed by atoms with Crippen LogP contribution in [-0.2, 0) is 0 Å². The predicted molar refractivity (Wildman–Crippen MR) is 51.7 cm³/mol. The molecule has 0 spiro atoms. The molecule has 74 valence electrons. The molecule has 0 aromatic carbocycles. The normalized spacial score (nSPS) is 15.8. The molecule has 0 aliphatic rings. The van der Waals surface area contributed by atoms with Gasteiger partial charge in [0.25, 0.3) is 0 Å². The van der Waals surface area contributed by atoms with Gasteiger partial charge in [-0.25, -0.2) is 0 Å². The van der Waals surface area contributed by atoms with Gasteiger partial charge in [-0.1, -0.05) is 0 Å². The number of rotatable bonds is 3. The molecular weight excluding hydrogens is 166 g/mol. The van der Waals surface area contributed by atoms with Crippen molar-refractivity contribution in [2.24, 2.45) is 0 Å². The van der Waals surface area contributed by atoms with Crippen molar-refractivity contribution in [3.8, 4) is 0 Å². The molecule has 2 unspecified atom stereocenters. The molecule has 1 rings (SSSR count). The Labute approximate surface area is 78.6 Å². The summed E-state index contributed by atoms with van der Waals surface area (Å²) in [4.78, 5) is 0. The Balaban J connectivity index is 3.03. The van der Waals surface area contributed by atoms with Crippen LogP contribution in [0.4, 0.5) is 0 Å². The third kappa shape index (κ3) is 1.92. The number of aliphatic hydroxyl groups excluding tert-OH is 2. The third-order valence-electron chi connectivity index (χ3n) is 2.40. The molecule has 1 aromatic rings. The van der Waals surface area contributed by atoms with Gasteiger partial charge in [-0.2, -0.15) is 0 Å². The average Bonchev–Trinajstić information content (AvgIpc) is 2.36. The van der Waals surface area contributed by atoms with E-state index in [-0.39, 0.29) is 12.6 Å². The summed E-state index contributed by atoms with van der Waals surface area (Å²) in [7, 11) is 0. The molecule has 0 radical (unpaired) electrons. The average molecular weight is 183 g/mol. The molecule has 0 saturated heterocycles. The highest BCUT2D eigenvalue weighted by atomic mass is 16.3. The van der Waals surface area contributed by atoms with E-state index in [1.54, 1.807) is 6.92 Å². The highest BCUT2D eigenvalue weighted by Gasteiger charge is 2.18. The zero-order chi connectivity index (χ0) is 10.0. The van der Waals surface area contributed by atoms with E-state index in [0.29, 0.717) is 0 Å². The van der Waals surface area contributed by atoms with Crippen molar-refractivity contribution in [1.29, 1.82) is 0 Å². The zero-order valence-corrected chi connectivity index (χ0v) is 8.36. The highest BCUT2D eigenvalue weighted by molar-refractivity contribution is 5.15. The Morgan fingerprint density at radius 1 is 1.31 bits per heavy atom. The molecule has 0 aliphatic carbocycles. The zero-order valence-electron chi connectivity index (χ0n) is 8.36. The van der Waals surface area contributed by atoms with Crippen LogP contribution < -0.4 is 0 Å². The molecule has 0 aliphatic heterocycles. The fourth-order valence-electron chi connectivity index (χ4n) is 1.65. The lowest BCUT2D eigenvalue weighted by Crippen LogP contribution is -2.26. The van der Waals surface area contributed by atoms with Crippen LogP contribution in [0.1, 0.15) is 24.4 Å². The van der Waals surface area contributed by atoms with E-state index in [1.165, 1.54) is 0 Å². The van der Waals surface area contributed by atoms with Gasteiger partial charge < -0.3 is 14.8 Å². The van der Waals surface area contributed by atoms with Gasteiger partial charge in [0, 0.05) is 11.4 Å². The lowest BCUT2D eigenvalue weighted by Gasteiger charge is -2.23. The maximum Gasteiger partial charge on any atom is 0.0822 e. The number of aryl methyl sites for hydroxylation is 2. The minimum Gasteiger partial charge on any atom is -0.394 e. The maximum atomic E-state index is 9.45. The summed E-state index contributed by atoms with van der Waals surface area (Å²) in [6, 6.07) is 3.75. The van der Waals surface area contributed by atoms with E-state index >= 15 is 0 Å². The van der Waals surface area contributed by atoms with E-state index in [0.717, 1.165) is 11.4 Å². The van der Waals surface area contributed by atoms with Gasteiger partial charge in [0.2, 0.25) is 0 Å². The first kappa shape index (κ1) is 10.3. The minimum absolute atomic E-state index is 0.0337. The van der Waals surface area contributed by atoms with Crippen molar-refractivity contribution in [2.75, 3.05) is 6.61 Å². The Morgan fingerprint density at radius 3 is 2.08 bits per heavy atom. The van der Waals surface area contributed by atoms with Crippen molar-refractivity contribution >= 4 is 0 Å². The van der Waals surface area contributed by atoms with E-state index in [9.17, 15) is 5.11 Å². The summed E-state index contributed by atoms with van der Waals surface area (Å²) in [5, 5.41) is 18.6. The van der Waals surface area contributed by atoms with Gasteiger partial charge in [-0.15, -0.1) is 0 Å². The molecule has 0 fully saturated rings. The standard InChI is InChI=1S/C10H17NO2/c1-7-4-5-8(2)11(7)10(6-12)9(3)13/h4-5,9-10,12-13H,6H2,1-3H3. The molecule has 1 heterocycles. The van der Waals surface area contributed by atoms with Gasteiger partial charge in [0.15, 0.2) is 0 Å². The lowest BCUT2D eigenvalue weighted by molar-refractivity contribution is 0.0848. The van der Waals surface area contributed by atoms with Crippen LogP contribution >= 0.6 is 0 Å². The summed E-state index contributed by atoms with van der Waals surface area (Å²) >= 11 is 0. The highest BCUT2D eigenvalue weighted by Crippen LogP contribution is 2.18. The topological polar surface area (TPSA) is 45.4 Å². The monoisotopic (exact) mass is 183 g/mol. The summed E-state index contributed by atoms with van der Waals surface area (Å²) in [6.45, 7) is 5.60. The smallest absolute Gasteiger partial charge is 0.0822 e. The predicted octanol–water partition coefficient (Wildman–Crippen LogP) is 1.02. The van der Waals surface area contributed by atoms with Crippen LogP contribution in [-0.4, -0.2) is 27.5 Å². The van der Waals surface area contributed by atoms with Crippen molar-refractivity contribution in [1.82, 2.24) is 4.57 Å². The van der Waals surface area contributed by atoms with Gasteiger partial charge >= 0.3 is 0 Å². The van der Waals surface area contributed by atoms with Crippen LogP contribution in [0.25, 0.3) is 0 Å². The Kier molecular flexibility index (Phi) is 3.12. The molecule has 0 saturated carbocycles. The number of hydrogen-bond donors (Lipinski definition) is 2. The van der Waals surface area contributed by atoms with Crippen molar-refractivity contribution in [2.45, 2.75) is 32.9 Å². The van der Waals surface area contributed by atoms with Crippen molar-refractivity contribution in [3.63, 3.8) is 0 Å². The second-order valence-electron chi connectivity index (χ2n) is 3.48. The SMILES string of the molecule is Cc1ccc(C)n1C(CO)C(C)O. The van der Waals surface area contributed by atoms with E-state index in [1.807, 2.05) is 30.5 Å². The van der Waals surface area contributed by atoms with E-state index in [4.69, 9.17) is 5.11 Å². The minimum atomic E-state index is -0.533. The quantitative estimate of drug-likeness (QED) is 0.735. The van der Waals surface area contributed by atoms with Crippen LogP contribution in [0.2, 0.25) is 0 Å². The number of aromatic nitrogens is 1. The summed E-state index contributed by atoms with van der Waals surface area (Å²) < 4.78 is 1.96. The fraction of sp³-hybridized carbons (Fsp3) is 0.600. The second-order valence-corrected chi connectivity index (χ2v) is 3.48. The van der Waals surface area contributed by atoms with E-state index < -0.39 is 6.10 Å². The van der Waals surface area contributed by atoms with Crippen LogP contribution in [0, 0.1) is 13.8 Å². The first-order valence-corrected chi connectivity index (χ1v) is 4.51. The Morgan fingerprint density at radius 2 is 1.77 bits per heavy atom. The molecule has 3 nitrogen and oxygen atoms in total. The van der Waals surface area contributed by atoms with Gasteiger partial charge in [0.05, 0.1) is 18.8 Å². The Bertz CT molecular complexity index is 259. The molecule has 0 amide bonds. The molecule has 2 atom stereocenters. The third-order valence-corrected chi connectivity index (χ3v) is 2.40. The molecule has 13 heavy (non-hydrogen) atoms. The second kappa shape index (κ2) is 3.94. The molecule has 0 bridgehead atoms. The van der Waals surface area contributed by atoms with Crippen LogP contribution in [0.3, 0.4) is 0 Å². The first-order valence-electron chi connectivity index (χ1n) is 4.51. The molecule has 3 heteroatoms. The van der Waals surface area contributed by atoms with Gasteiger partial charge in [0.1, 0.15) is 0 Å². The maximum absolute atomic E-state index is 9.45. The van der Waals surface area contributed by atoms with Gasteiger partial charge in [-0.05, 0) is 32.9 Å². The lowest BCUT2D eigenvalue weighted by atomic mass is 10.2. The van der Waals surface area contributed by atoms with Gasteiger partial charge in [-0.3, -0.25) is 0 Å². The van der Waals surface area contributed by atoms with Crippen LogP contribution in [0.15, 0.2) is 12.1 Å². The number of nitrogens with zero attached hydrogens (tertiary/aromatic N) is 1. The number of aliphatic hydroxyl groups is 2. The Hall–Kier alpha value is -0.800. The largest absolute Gasteiger partial charge is 0.394 e. The summed E-state index contributed by atoms with van der Waals surface area (Å²) in [6.07, 6.45) is -0.533. The fourth-order valence-corrected chi connectivity index (χ4v) is 1.65. The molecule has 1 aromatic heterocycles. The number of hydrogen-bond acceptors (Lipinski definition) is 2. The molecule has 2 N–H and O–H groups in total. The van der Waals surface area contributed by atoms with Crippen molar-refractivity contribution < 1.29 is 10.2 Å². The van der Waals surface area contributed by atoms with E-state index in [2.05, 4.69) is 0 Å². The van der Waals surface area contributed by atoms with Crippen LogP contribution in [0.5, 0.6) is 0 Å². The molecular formula is C10H17NO2. The summed E-state index contributed by atoms with van der Waals surface area (Å²) in [5.41, 5.74) is 2.13. The van der Waals surface area contributed by atoms with Crippen molar-refractivity contribution in [3.05, 3.63) is 23.5 Å². The first-order chi connectivity index (χ1) is 6.07.